The second-order valence-electron chi connectivity index (χ2n) is 14.7. The minimum atomic E-state index is -4.62. The van der Waals surface area contributed by atoms with E-state index in [1.165, 1.54) is 135 Å². The highest BCUT2D eigenvalue weighted by Crippen LogP contribution is 2.43. The summed E-state index contributed by atoms with van der Waals surface area (Å²) >= 11 is 0. The molecule has 0 bridgehead atoms. The number of phosphoric ester groups is 1. The summed E-state index contributed by atoms with van der Waals surface area (Å²) in [5, 5.41) is 19.1. The average Bonchev–Trinajstić information content (AvgIpc) is 3.13. The van der Waals surface area contributed by atoms with E-state index in [0.29, 0.717) is 12.8 Å². The summed E-state index contributed by atoms with van der Waals surface area (Å²) in [7, 11) is -4.62. The van der Waals surface area contributed by atoms with Crippen LogP contribution in [0.4, 0.5) is 0 Å². The topological polar surface area (TPSA) is 149 Å². The van der Waals surface area contributed by atoms with Crippen molar-refractivity contribution in [1.29, 1.82) is 0 Å². The second kappa shape index (κ2) is 38.3. The molecule has 0 aliphatic carbocycles. The van der Waals surface area contributed by atoms with Crippen molar-refractivity contribution < 1.29 is 47.8 Å². The van der Waals surface area contributed by atoms with Gasteiger partial charge in [-0.3, -0.25) is 18.6 Å². The monoisotopic (exact) mass is 765 g/mol. The van der Waals surface area contributed by atoms with Crippen LogP contribution in [0.25, 0.3) is 0 Å². The Bertz CT molecular complexity index is 842. The molecule has 3 unspecified atom stereocenters. The van der Waals surface area contributed by atoms with E-state index < -0.39 is 58.4 Å². The number of phosphoric acid groups is 1. The molecule has 0 aliphatic rings. The first-order valence-electron chi connectivity index (χ1n) is 21.5. The smallest absolute Gasteiger partial charge is 0.457 e. The molecule has 0 radical (unpaired) electrons. The minimum Gasteiger partial charge on any atom is -0.457 e. The minimum absolute atomic E-state index is 0.198. The van der Waals surface area contributed by atoms with Crippen molar-refractivity contribution in [2.45, 2.75) is 225 Å². The van der Waals surface area contributed by atoms with Gasteiger partial charge in [-0.1, -0.05) is 187 Å². The van der Waals surface area contributed by atoms with Gasteiger partial charge in [0.1, 0.15) is 12.2 Å². The normalized spacial score (nSPS) is 13.9. The standard InChI is InChI=1S/C41H81O10P/c1-3-5-7-9-11-13-15-16-17-18-19-20-21-22-23-25-27-29-31-33-41(45)51-39(35-43)37-49-52(46,47)48-36-38(34-42)50-40(44)32-30-28-26-24-14-12-10-8-6-4-2/h38-39,42-43H,3-37H2,1-2H3,(H,46,47). The maximum Gasteiger partial charge on any atom is 0.472 e. The Morgan fingerprint density at radius 2 is 0.673 bits per heavy atom. The molecule has 0 aromatic rings. The molecule has 0 aliphatic heterocycles. The van der Waals surface area contributed by atoms with Crippen molar-refractivity contribution in [1.82, 2.24) is 0 Å². The molecule has 0 heterocycles. The van der Waals surface area contributed by atoms with Gasteiger partial charge < -0.3 is 24.6 Å². The van der Waals surface area contributed by atoms with Gasteiger partial charge in [0, 0.05) is 12.8 Å². The van der Waals surface area contributed by atoms with Gasteiger partial charge in [0.05, 0.1) is 26.4 Å². The molecule has 11 heteroatoms. The highest BCUT2D eigenvalue weighted by Gasteiger charge is 2.27. The molecular weight excluding hydrogens is 683 g/mol. The number of aliphatic hydroxyl groups excluding tert-OH is 2. The molecule has 0 aromatic heterocycles. The van der Waals surface area contributed by atoms with Crippen LogP contribution in [-0.4, -0.2) is 65.7 Å². The lowest BCUT2D eigenvalue weighted by atomic mass is 10.0. The molecule has 0 aromatic carbocycles. The first-order chi connectivity index (χ1) is 25.3. The van der Waals surface area contributed by atoms with Gasteiger partial charge in [-0.05, 0) is 12.8 Å². The molecule has 52 heavy (non-hydrogen) atoms. The fourth-order valence-electron chi connectivity index (χ4n) is 6.23. The third-order valence-corrected chi connectivity index (χ3v) is 10.5. The summed E-state index contributed by atoms with van der Waals surface area (Å²) in [4.78, 5) is 34.4. The van der Waals surface area contributed by atoms with Gasteiger partial charge in [0.15, 0.2) is 0 Å². The van der Waals surface area contributed by atoms with E-state index in [9.17, 15) is 29.3 Å². The molecule has 10 nitrogen and oxygen atoms in total. The first-order valence-corrected chi connectivity index (χ1v) is 23.0. The van der Waals surface area contributed by atoms with E-state index in [-0.39, 0.29) is 12.8 Å². The van der Waals surface area contributed by atoms with Crippen LogP contribution in [0, 0.1) is 0 Å². The maximum absolute atomic E-state index is 12.3. The molecule has 0 amide bonds. The first kappa shape index (κ1) is 51.0. The number of rotatable bonds is 41. The maximum atomic E-state index is 12.3. The van der Waals surface area contributed by atoms with Crippen molar-refractivity contribution in [3.63, 3.8) is 0 Å². The van der Waals surface area contributed by atoms with Crippen molar-refractivity contribution in [2.75, 3.05) is 26.4 Å². The van der Waals surface area contributed by atoms with E-state index in [1.54, 1.807) is 0 Å². The lowest BCUT2D eigenvalue weighted by Gasteiger charge is -2.20. The Kier molecular flexibility index (Phi) is 37.5. The summed E-state index contributed by atoms with van der Waals surface area (Å²) < 4.78 is 32.5. The lowest BCUT2D eigenvalue weighted by molar-refractivity contribution is -0.153. The van der Waals surface area contributed by atoms with Crippen molar-refractivity contribution >= 4 is 19.8 Å². The lowest BCUT2D eigenvalue weighted by Crippen LogP contribution is -2.28. The molecule has 3 atom stereocenters. The summed E-state index contributed by atoms with van der Waals surface area (Å²) in [6.45, 7) is 2.22. The number of carbonyl (C=O) groups is 2. The van der Waals surface area contributed by atoms with Crippen molar-refractivity contribution in [3.05, 3.63) is 0 Å². The number of carbonyl (C=O) groups excluding carboxylic acids is 2. The number of ether oxygens (including phenoxy) is 2. The predicted octanol–water partition coefficient (Wildman–Crippen LogP) is 11.1. The van der Waals surface area contributed by atoms with Gasteiger partial charge in [-0.25, -0.2) is 4.57 Å². The van der Waals surface area contributed by atoms with E-state index >= 15 is 0 Å². The number of hydrogen-bond acceptors (Lipinski definition) is 9. The number of esters is 2. The van der Waals surface area contributed by atoms with Gasteiger partial charge in [-0.15, -0.1) is 0 Å². The molecule has 0 spiro atoms. The molecule has 310 valence electrons. The van der Waals surface area contributed by atoms with Gasteiger partial charge in [-0.2, -0.15) is 0 Å². The summed E-state index contributed by atoms with van der Waals surface area (Å²) in [5.74, 6) is -1.01. The zero-order chi connectivity index (χ0) is 38.4. The fourth-order valence-corrected chi connectivity index (χ4v) is 7.02. The Morgan fingerprint density at radius 3 is 0.904 bits per heavy atom. The van der Waals surface area contributed by atoms with Crippen molar-refractivity contribution in [3.8, 4) is 0 Å². The quantitative estimate of drug-likeness (QED) is 0.0312. The Balaban J connectivity index is 3.85. The molecule has 0 saturated heterocycles. The Labute approximate surface area is 318 Å². The Morgan fingerprint density at radius 1 is 0.442 bits per heavy atom. The van der Waals surface area contributed by atoms with Gasteiger partial charge in [0.2, 0.25) is 0 Å². The van der Waals surface area contributed by atoms with Crippen LogP contribution < -0.4 is 0 Å². The second-order valence-corrected chi connectivity index (χ2v) is 16.1. The molecule has 0 rings (SSSR count). The van der Waals surface area contributed by atoms with E-state index in [1.807, 2.05) is 0 Å². The zero-order valence-corrected chi connectivity index (χ0v) is 34.4. The Hall–Kier alpha value is -1.03. The molecular formula is C41H81O10P. The van der Waals surface area contributed by atoms with Crippen LogP contribution in [-0.2, 0) is 32.7 Å². The predicted molar refractivity (Wildman–Crippen MR) is 210 cm³/mol. The van der Waals surface area contributed by atoms with Gasteiger partial charge >= 0.3 is 19.8 Å². The van der Waals surface area contributed by atoms with Crippen LogP contribution in [0.15, 0.2) is 0 Å². The number of hydrogen-bond donors (Lipinski definition) is 3. The largest absolute Gasteiger partial charge is 0.472 e. The van der Waals surface area contributed by atoms with Crippen LogP contribution in [0.1, 0.15) is 213 Å². The van der Waals surface area contributed by atoms with Crippen LogP contribution in [0.5, 0.6) is 0 Å². The number of aliphatic hydroxyl groups is 2. The highest BCUT2D eigenvalue weighted by molar-refractivity contribution is 7.47. The van der Waals surface area contributed by atoms with E-state index in [0.717, 1.165) is 38.5 Å². The van der Waals surface area contributed by atoms with Crippen LogP contribution >= 0.6 is 7.82 Å². The van der Waals surface area contributed by atoms with Crippen molar-refractivity contribution in [2.24, 2.45) is 0 Å². The average molecular weight is 765 g/mol. The SMILES string of the molecule is CCCCCCCCCCCCCCCCCCCCCC(=O)OC(CO)COP(=O)(O)OCC(CO)OC(=O)CCCCCCCCCCCC. The molecule has 3 N–H and O–H groups in total. The summed E-state index contributed by atoms with van der Waals surface area (Å²) in [5.41, 5.74) is 0. The summed E-state index contributed by atoms with van der Waals surface area (Å²) in [6.07, 6.45) is 33.7. The van der Waals surface area contributed by atoms with Gasteiger partial charge in [0.25, 0.3) is 0 Å². The fraction of sp³-hybridized carbons (Fsp3) is 0.951. The summed E-state index contributed by atoms with van der Waals surface area (Å²) in [6, 6.07) is 0. The third-order valence-electron chi connectivity index (χ3n) is 9.57. The van der Waals surface area contributed by atoms with E-state index in [4.69, 9.17) is 18.5 Å². The molecule has 0 fully saturated rings. The van der Waals surface area contributed by atoms with Crippen LogP contribution in [0.2, 0.25) is 0 Å². The third kappa shape index (κ3) is 36.0. The van der Waals surface area contributed by atoms with E-state index in [2.05, 4.69) is 13.8 Å². The molecule has 0 saturated carbocycles. The number of unbranched alkanes of at least 4 members (excludes halogenated alkanes) is 27. The highest BCUT2D eigenvalue weighted by atomic mass is 31.2. The zero-order valence-electron chi connectivity index (χ0n) is 33.6. The van der Waals surface area contributed by atoms with Crippen LogP contribution in [0.3, 0.4) is 0 Å².